The Labute approximate surface area is 119 Å². The molecule has 0 aromatic heterocycles. The van der Waals surface area contributed by atoms with Crippen molar-refractivity contribution in [3.05, 3.63) is 29.8 Å². The third-order valence-electron chi connectivity index (χ3n) is 3.72. The first kappa shape index (κ1) is 14.8. The van der Waals surface area contributed by atoms with Gasteiger partial charge in [-0.05, 0) is 38.2 Å². The summed E-state index contributed by atoms with van der Waals surface area (Å²) in [6.45, 7) is 7.01. The molecular formula is C15H22N2O3. The molecule has 0 spiro atoms. The molecule has 110 valence electrons. The van der Waals surface area contributed by atoms with Crippen molar-refractivity contribution in [3.8, 4) is 5.75 Å². The summed E-state index contributed by atoms with van der Waals surface area (Å²) in [5.74, 6) is -0.195. The summed E-state index contributed by atoms with van der Waals surface area (Å²) in [7, 11) is 2.15. The molecule has 5 nitrogen and oxygen atoms in total. The molecule has 1 heterocycles. The molecule has 1 aromatic carbocycles. The van der Waals surface area contributed by atoms with E-state index < -0.39 is 5.97 Å². The van der Waals surface area contributed by atoms with Crippen molar-refractivity contribution < 1.29 is 14.6 Å². The van der Waals surface area contributed by atoms with Crippen LogP contribution in [-0.4, -0.2) is 66.8 Å². The molecule has 1 aliphatic rings. The van der Waals surface area contributed by atoms with Gasteiger partial charge in [-0.1, -0.05) is 0 Å². The van der Waals surface area contributed by atoms with Gasteiger partial charge in [0.2, 0.25) is 0 Å². The first-order valence-electron chi connectivity index (χ1n) is 6.95. The van der Waals surface area contributed by atoms with Crippen molar-refractivity contribution in [2.24, 2.45) is 0 Å². The number of piperazine rings is 1. The third-order valence-corrected chi connectivity index (χ3v) is 3.72. The summed E-state index contributed by atoms with van der Waals surface area (Å²) >= 11 is 0. The van der Waals surface area contributed by atoms with Gasteiger partial charge < -0.3 is 14.7 Å². The van der Waals surface area contributed by atoms with Crippen molar-refractivity contribution in [2.45, 2.75) is 13.0 Å². The van der Waals surface area contributed by atoms with Gasteiger partial charge >= 0.3 is 5.97 Å². The summed E-state index contributed by atoms with van der Waals surface area (Å²) in [5, 5.41) is 8.82. The number of carboxylic acid groups (broad SMARTS) is 1. The highest BCUT2D eigenvalue weighted by Crippen LogP contribution is 2.13. The Morgan fingerprint density at radius 2 is 2.05 bits per heavy atom. The Morgan fingerprint density at radius 3 is 2.65 bits per heavy atom. The summed E-state index contributed by atoms with van der Waals surface area (Å²) in [4.78, 5) is 15.5. The molecule has 0 aliphatic carbocycles. The van der Waals surface area contributed by atoms with Crippen molar-refractivity contribution in [2.75, 3.05) is 39.8 Å². The van der Waals surface area contributed by atoms with E-state index in [1.807, 2.05) is 0 Å². The Balaban J connectivity index is 1.76. The van der Waals surface area contributed by atoms with Gasteiger partial charge in [0, 0.05) is 32.2 Å². The van der Waals surface area contributed by atoms with E-state index in [0.717, 1.165) is 31.9 Å². The average molecular weight is 278 g/mol. The van der Waals surface area contributed by atoms with E-state index in [4.69, 9.17) is 9.84 Å². The lowest BCUT2D eigenvalue weighted by Gasteiger charge is -2.38. The summed E-state index contributed by atoms with van der Waals surface area (Å²) < 4.78 is 5.67. The second-order valence-electron chi connectivity index (χ2n) is 5.33. The molecule has 0 amide bonds. The molecule has 1 unspecified atom stereocenters. The second kappa shape index (κ2) is 6.72. The van der Waals surface area contributed by atoms with Crippen LogP contribution in [0.4, 0.5) is 0 Å². The highest BCUT2D eigenvalue weighted by Gasteiger charge is 2.20. The molecule has 0 bridgehead atoms. The van der Waals surface area contributed by atoms with Crippen LogP contribution < -0.4 is 4.74 Å². The number of hydrogen-bond acceptors (Lipinski definition) is 4. The SMILES string of the molecule is CC1CN(C)CCN1CCOc1ccc(C(=O)O)cc1. The fourth-order valence-electron chi connectivity index (χ4n) is 2.48. The van der Waals surface area contributed by atoms with Gasteiger partial charge in [-0.3, -0.25) is 4.90 Å². The van der Waals surface area contributed by atoms with E-state index in [9.17, 15) is 4.79 Å². The van der Waals surface area contributed by atoms with Crippen LogP contribution in [0.2, 0.25) is 0 Å². The number of carboxylic acids is 1. The number of aromatic carboxylic acids is 1. The maximum atomic E-state index is 10.7. The molecule has 2 rings (SSSR count). The molecule has 1 atom stereocenters. The van der Waals surface area contributed by atoms with Crippen LogP contribution in [0.15, 0.2) is 24.3 Å². The molecule has 20 heavy (non-hydrogen) atoms. The number of likely N-dealkylation sites (N-methyl/N-ethyl adjacent to an activating group) is 1. The van der Waals surface area contributed by atoms with Crippen molar-refractivity contribution in [3.63, 3.8) is 0 Å². The first-order chi connectivity index (χ1) is 9.56. The Morgan fingerprint density at radius 1 is 1.35 bits per heavy atom. The van der Waals surface area contributed by atoms with Crippen molar-refractivity contribution >= 4 is 5.97 Å². The van der Waals surface area contributed by atoms with Crippen LogP contribution in [0, 0.1) is 0 Å². The third kappa shape index (κ3) is 3.95. The molecule has 1 N–H and O–H groups in total. The lowest BCUT2D eigenvalue weighted by molar-refractivity contribution is 0.0696. The van der Waals surface area contributed by atoms with E-state index in [1.165, 1.54) is 0 Å². The van der Waals surface area contributed by atoms with E-state index in [2.05, 4.69) is 23.8 Å². The van der Waals surface area contributed by atoms with E-state index in [-0.39, 0.29) is 5.56 Å². The molecule has 1 aliphatic heterocycles. The number of hydrogen-bond donors (Lipinski definition) is 1. The van der Waals surface area contributed by atoms with Crippen molar-refractivity contribution in [1.82, 2.24) is 9.80 Å². The topological polar surface area (TPSA) is 53.0 Å². The fraction of sp³-hybridized carbons (Fsp3) is 0.533. The Kier molecular flexibility index (Phi) is 4.98. The van der Waals surface area contributed by atoms with Gasteiger partial charge in [0.1, 0.15) is 12.4 Å². The maximum Gasteiger partial charge on any atom is 0.335 e. The number of ether oxygens (including phenoxy) is 1. The zero-order chi connectivity index (χ0) is 14.5. The van der Waals surface area contributed by atoms with Gasteiger partial charge in [-0.2, -0.15) is 0 Å². The van der Waals surface area contributed by atoms with E-state index in [1.54, 1.807) is 24.3 Å². The highest BCUT2D eigenvalue weighted by atomic mass is 16.5. The van der Waals surface area contributed by atoms with Crippen LogP contribution in [0.1, 0.15) is 17.3 Å². The summed E-state index contributed by atoms with van der Waals surface area (Å²) in [5.41, 5.74) is 0.282. The van der Waals surface area contributed by atoms with Crippen LogP contribution >= 0.6 is 0 Å². The predicted molar refractivity (Wildman–Crippen MR) is 77.4 cm³/mol. The van der Waals surface area contributed by atoms with Gasteiger partial charge in [0.15, 0.2) is 0 Å². The number of rotatable bonds is 5. The van der Waals surface area contributed by atoms with Gasteiger partial charge in [-0.15, -0.1) is 0 Å². The van der Waals surface area contributed by atoms with Crippen molar-refractivity contribution in [1.29, 1.82) is 0 Å². The molecule has 0 saturated carbocycles. The van der Waals surface area contributed by atoms with Crippen LogP contribution in [0.5, 0.6) is 5.75 Å². The molecule has 5 heteroatoms. The van der Waals surface area contributed by atoms with E-state index in [0.29, 0.717) is 12.6 Å². The zero-order valence-corrected chi connectivity index (χ0v) is 12.1. The second-order valence-corrected chi connectivity index (χ2v) is 5.33. The summed E-state index contributed by atoms with van der Waals surface area (Å²) in [6.07, 6.45) is 0. The standard InChI is InChI=1S/C15H22N2O3/c1-12-11-16(2)7-8-17(12)9-10-20-14-5-3-13(4-6-14)15(18)19/h3-6,12H,7-11H2,1-2H3,(H,18,19). The maximum absolute atomic E-state index is 10.7. The number of carbonyl (C=O) groups is 1. The highest BCUT2D eigenvalue weighted by molar-refractivity contribution is 5.87. The lowest BCUT2D eigenvalue weighted by atomic mass is 10.2. The zero-order valence-electron chi connectivity index (χ0n) is 12.1. The van der Waals surface area contributed by atoms with Gasteiger partial charge in [0.25, 0.3) is 0 Å². The monoisotopic (exact) mass is 278 g/mol. The minimum absolute atomic E-state index is 0.282. The normalized spacial score (nSPS) is 20.8. The van der Waals surface area contributed by atoms with Crippen LogP contribution in [0.25, 0.3) is 0 Å². The molecule has 0 radical (unpaired) electrons. The van der Waals surface area contributed by atoms with Gasteiger partial charge in [-0.25, -0.2) is 4.79 Å². The minimum Gasteiger partial charge on any atom is -0.492 e. The Bertz CT molecular complexity index is 447. The Hall–Kier alpha value is -1.59. The van der Waals surface area contributed by atoms with E-state index >= 15 is 0 Å². The number of nitrogens with zero attached hydrogens (tertiary/aromatic N) is 2. The lowest BCUT2D eigenvalue weighted by Crippen LogP contribution is -2.51. The predicted octanol–water partition coefficient (Wildman–Crippen LogP) is 1.40. The minimum atomic E-state index is -0.914. The smallest absolute Gasteiger partial charge is 0.335 e. The average Bonchev–Trinajstić information content (AvgIpc) is 2.42. The number of benzene rings is 1. The summed E-state index contributed by atoms with van der Waals surface area (Å²) in [6, 6.07) is 7.09. The van der Waals surface area contributed by atoms with Crippen LogP contribution in [-0.2, 0) is 0 Å². The largest absolute Gasteiger partial charge is 0.492 e. The molecule has 1 aromatic rings. The quantitative estimate of drug-likeness (QED) is 0.882. The molecule has 1 fully saturated rings. The van der Waals surface area contributed by atoms with Gasteiger partial charge in [0.05, 0.1) is 5.56 Å². The fourth-order valence-corrected chi connectivity index (χ4v) is 2.48. The molecule has 1 saturated heterocycles. The van der Waals surface area contributed by atoms with Crippen LogP contribution in [0.3, 0.4) is 0 Å². The first-order valence-corrected chi connectivity index (χ1v) is 6.95. The molecular weight excluding hydrogens is 256 g/mol.